The van der Waals surface area contributed by atoms with Gasteiger partial charge >= 0.3 is 0 Å². The molecular weight excluding hydrogens is 214 g/mol. The molecule has 1 saturated carbocycles. The van der Waals surface area contributed by atoms with Crippen molar-refractivity contribution in [1.29, 1.82) is 0 Å². The molecule has 2 rings (SSSR count). The van der Waals surface area contributed by atoms with Gasteiger partial charge < -0.3 is 10.3 Å². The Morgan fingerprint density at radius 2 is 2.12 bits per heavy atom. The van der Waals surface area contributed by atoms with Gasteiger partial charge in [-0.2, -0.15) is 0 Å². The zero-order valence-corrected chi connectivity index (χ0v) is 10.3. The molecule has 1 amide bonds. The third kappa shape index (κ3) is 2.42. The van der Waals surface area contributed by atoms with E-state index in [0.717, 1.165) is 0 Å². The average Bonchev–Trinajstić information content (AvgIpc) is 3.20. The largest absolute Gasteiger partial charge is 0.339 e. The van der Waals surface area contributed by atoms with Crippen LogP contribution in [-0.2, 0) is 0 Å². The van der Waals surface area contributed by atoms with Crippen LogP contribution in [0.2, 0.25) is 0 Å². The maximum absolute atomic E-state index is 12.3. The number of hydrogen-bond acceptors (Lipinski definition) is 3. The highest BCUT2D eigenvalue weighted by molar-refractivity contribution is 5.99. The average molecular weight is 233 g/mol. The standard InChI is InChI=1S/C13H19N3O/c1-9(10-7-8-10)16(2)13(17)11-5-3-4-6-12(11)15-14/h3-6,9-10,15H,7-8,14H2,1-2H3. The lowest BCUT2D eigenvalue weighted by atomic mass is 10.1. The predicted octanol–water partition coefficient (Wildman–Crippen LogP) is 1.84. The normalized spacial score (nSPS) is 16.4. The topological polar surface area (TPSA) is 58.4 Å². The van der Waals surface area contributed by atoms with Gasteiger partial charge in [-0.1, -0.05) is 12.1 Å². The number of anilines is 1. The molecule has 92 valence electrons. The van der Waals surface area contributed by atoms with Crippen molar-refractivity contribution in [2.75, 3.05) is 12.5 Å². The zero-order chi connectivity index (χ0) is 12.4. The molecule has 1 aromatic carbocycles. The summed E-state index contributed by atoms with van der Waals surface area (Å²) < 4.78 is 0. The van der Waals surface area contributed by atoms with E-state index in [-0.39, 0.29) is 5.91 Å². The van der Waals surface area contributed by atoms with E-state index in [0.29, 0.717) is 23.2 Å². The van der Waals surface area contributed by atoms with Gasteiger partial charge in [0.25, 0.3) is 5.91 Å². The minimum Gasteiger partial charge on any atom is -0.339 e. The van der Waals surface area contributed by atoms with E-state index in [4.69, 9.17) is 5.84 Å². The molecule has 0 aliphatic heterocycles. The summed E-state index contributed by atoms with van der Waals surface area (Å²) in [5.74, 6) is 6.11. The van der Waals surface area contributed by atoms with Crippen LogP contribution in [0.25, 0.3) is 0 Å². The molecule has 0 radical (unpaired) electrons. The molecule has 4 nitrogen and oxygen atoms in total. The Hall–Kier alpha value is -1.55. The number of nitrogens with one attached hydrogen (secondary N) is 1. The summed E-state index contributed by atoms with van der Waals surface area (Å²) in [5, 5.41) is 0. The van der Waals surface area contributed by atoms with Crippen LogP contribution in [0.1, 0.15) is 30.1 Å². The molecule has 1 atom stereocenters. The minimum atomic E-state index is 0.0259. The summed E-state index contributed by atoms with van der Waals surface area (Å²) in [6, 6.07) is 7.62. The third-order valence-corrected chi connectivity index (χ3v) is 3.55. The molecule has 1 aromatic rings. The van der Waals surface area contributed by atoms with Crippen LogP contribution in [0.15, 0.2) is 24.3 Å². The smallest absolute Gasteiger partial charge is 0.255 e. The highest BCUT2D eigenvalue weighted by atomic mass is 16.2. The fourth-order valence-electron chi connectivity index (χ4n) is 2.07. The molecule has 1 unspecified atom stereocenters. The number of nitrogens with zero attached hydrogens (tertiary/aromatic N) is 1. The molecule has 0 bridgehead atoms. The van der Waals surface area contributed by atoms with Crippen molar-refractivity contribution in [2.24, 2.45) is 11.8 Å². The van der Waals surface area contributed by atoms with Crippen molar-refractivity contribution in [3.05, 3.63) is 29.8 Å². The number of benzene rings is 1. The molecule has 17 heavy (non-hydrogen) atoms. The Morgan fingerprint density at radius 3 is 2.71 bits per heavy atom. The number of nitrogens with two attached hydrogens (primary N) is 1. The quantitative estimate of drug-likeness (QED) is 0.616. The van der Waals surface area contributed by atoms with Gasteiger partial charge in [0.05, 0.1) is 11.3 Å². The summed E-state index contributed by atoms with van der Waals surface area (Å²) in [5.41, 5.74) is 3.87. The van der Waals surface area contributed by atoms with E-state index >= 15 is 0 Å². The monoisotopic (exact) mass is 233 g/mol. The van der Waals surface area contributed by atoms with Crippen LogP contribution in [-0.4, -0.2) is 23.9 Å². The van der Waals surface area contributed by atoms with Crippen molar-refractivity contribution in [2.45, 2.75) is 25.8 Å². The second-order valence-electron chi connectivity index (χ2n) is 4.68. The third-order valence-electron chi connectivity index (χ3n) is 3.55. The van der Waals surface area contributed by atoms with Crippen molar-refractivity contribution in [3.63, 3.8) is 0 Å². The maximum Gasteiger partial charge on any atom is 0.255 e. The van der Waals surface area contributed by atoms with E-state index in [1.54, 1.807) is 6.07 Å². The SMILES string of the molecule is CC(C1CC1)N(C)C(=O)c1ccccc1NN. The molecular formula is C13H19N3O. The van der Waals surface area contributed by atoms with E-state index < -0.39 is 0 Å². The zero-order valence-electron chi connectivity index (χ0n) is 10.3. The number of nitrogen functional groups attached to an aromatic ring is 1. The Kier molecular flexibility index (Phi) is 3.33. The highest BCUT2D eigenvalue weighted by Gasteiger charge is 2.33. The first kappa shape index (κ1) is 11.9. The molecule has 1 aliphatic carbocycles. The first-order valence-corrected chi connectivity index (χ1v) is 5.98. The minimum absolute atomic E-state index is 0.0259. The molecule has 0 spiro atoms. The Morgan fingerprint density at radius 1 is 1.47 bits per heavy atom. The van der Waals surface area contributed by atoms with E-state index in [2.05, 4.69) is 12.3 Å². The lowest BCUT2D eigenvalue weighted by molar-refractivity contribution is 0.0728. The van der Waals surface area contributed by atoms with Crippen molar-refractivity contribution in [1.82, 2.24) is 4.90 Å². The van der Waals surface area contributed by atoms with E-state index in [9.17, 15) is 4.79 Å². The van der Waals surface area contributed by atoms with Crippen LogP contribution in [0, 0.1) is 5.92 Å². The number of carbonyl (C=O) groups is 1. The molecule has 3 N–H and O–H groups in total. The van der Waals surface area contributed by atoms with Gasteiger partial charge in [0, 0.05) is 13.1 Å². The van der Waals surface area contributed by atoms with Crippen molar-refractivity contribution >= 4 is 11.6 Å². The lowest BCUT2D eigenvalue weighted by Crippen LogP contribution is -2.36. The Balaban J connectivity index is 2.17. The van der Waals surface area contributed by atoms with Gasteiger partial charge in [0.2, 0.25) is 0 Å². The number of carbonyl (C=O) groups excluding carboxylic acids is 1. The van der Waals surface area contributed by atoms with Crippen molar-refractivity contribution in [3.8, 4) is 0 Å². The number of para-hydroxylation sites is 1. The summed E-state index contributed by atoms with van der Waals surface area (Å²) in [7, 11) is 1.86. The van der Waals surface area contributed by atoms with E-state index in [1.807, 2.05) is 30.1 Å². The van der Waals surface area contributed by atoms with Gasteiger partial charge in [-0.05, 0) is 37.8 Å². The van der Waals surface area contributed by atoms with Crippen LogP contribution < -0.4 is 11.3 Å². The van der Waals surface area contributed by atoms with Gasteiger partial charge in [-0.3, -0.25) is 10.6 Å². The summed E-state index contributed by atoms with van der Waals surface area (Å²) in [4.78, 5) is 14.1. The first-order chi connectivity index (χ1) is 8.15. The second-order valence-corrected chi connectivity index (χ2v) is 4.68. The van der Waals surface area contributed by atoms with Crippen molar-refractivity contribution < 1.29 is 4.79 Å². The molecule has 4 heteroatoms. The molecule has 1 aliphatic rings. The van der Waals surface area contributed by atoms with Crippen LogP contribution in [0.4, 0.5) is 5.69 Å². The fraction of sp³-hybridized carbons (Fsp3) is 0.462. The Bertz CT molecular complexity index is 415. The van der Waals surface area contributed by atoms with E-state index in [1.165, 1.54) is 12.8 Å². The first-order valence-electron chi connectivity index (χ1n) is 5.98. The highest BCUT2D eigenvalue weighted by Crippen LogP contribution is 2.35. The molecule has 0 saturated heterocycles. The van der Waals surface area contributed by atoms with Gasteiger partial charge in [0.15, 0.2) is 0 Å². The fourth-order valence-corrected chi connectivity index (χ4v) is 2.07. The van der Waals surface area contributed by atoms with Gasteiger partial charge in [-0.25, -0.2) is 0 Å². The molecule has 0 heterocycles. The van der Waals surface area contributed by atoms with Crippen LogP contribution >= 0.6 is 0 Å². The summed E-state index contributed by atoms with van der Waals surface area (Å²) in [6.45, 7) is 2.11. The predicted molar refractivity (Wildman–Crippen MR) is 68.5 cm³/mol. The molecule has 1 fully saturated rings. The summed E-state index contributed by atoms with van der Waals surface area (Å²) in [6.07, 6.45) is 2.46. The molecule has 0 aromatic heterocycles. The van der Waals surface area contributed by atoms with Crippen LogP contribution in [0.5, 0.6) is 0 Å². The number of hydrogen-bond donors (Lipinski definition) is 2. The van der Waals surface area contributed by atoms with Gasteiger partial charge in [-0.15, -0.1) is 0 Å². The second kappa shape index (κ2) is 4.75. The van der Waals surface area contributed by atoms with Gasteiger partial charge in [0.1, 0.15) is 0 Å². The number of hydrazine groups is 1. The Labute approximate surface area is 102 Å². The number of rotatable bonds is 4. The number of amides is 1. The maximum atomic E-state index is 12.3. The summed E-state index contributed by atoms with van der Waals surface area (Å²) >= 11 is 0. The van der Waals surface area contributed by atoms with Crippen LogP contribution in [0.3, 0.4) is 0 Å². The lowest BCUT2D eigenvalue weighted by Gasteiger charge is -2.25.